The lowest BCUT2D eigenvalue weighted by Crippen LogP contribution is -2.17. The molecule has 1 atom stereocenters. The smallest absolute Gasteiger partial charge is 0.243 e. The molecule has 192 valence electrons. The van der Waals surface area contributed by atoms with E-state index in [0.29, 0.717) is 47.6 Å². The van der Waals surface area contributed by atoms with Gasteiger partial charge in [-0.1, -0.05) is 35.8 Å². The molecule has 36 heavy (non-hydrogen) atoms. The van der Waals surface area contributed by atoms with E-state index in [0.717, 1.165) is 41.6 Å². The largest absolute Gasteiger partial charge is 0.486 e. The highest BCUT2D eigenvalue weighted by molar-refractivity contribution is 7.22. The van der Waals surface area contributed by atoms with E-state index >= 15 is 0 Å². The lowest BCUT2D eigenvalue weighted by atomic mass is 10.1. The second-order valence-corrected chi connectivity index (χ2v) is 9.86. The first-order valence-corrected chi connectivity index (χ1v) is 13.0. The van der Waals surface area contributed by atoms with E-state index < -0.39 is 5.91 Å². The molecule has 4 rings (SSSR count). The number of ether oxygens (including phenoxy) is 2. The first-order chi connectivity index (χ1) is 17.5. The third-order valence-corrected chi connectivity index (χ3v) is 6.90. The SMILES string of the molecule is O=C(CCCCCCC(=O)Nc1cc2c(Nc3ccc(O[C@H]4CCOC4)c(Cl)c3)ncnc2s1)NO. The number of benzene rings is 1. The molecule has 10 nitrogen and oxygen atoms in total. The molecule has 1 fully saturated rings. The molecule has 0 radical (unpaired) electrons. The number of hydrogen-bond acceptors (Lipinski definition) is 9. The topological polar surface area (TPSA) is 135 Å². The average Bonchev–Trinajstić information content (AvgIpc) is 3.53. The first kappa shape index (κ1) is 26.1. The van der Waals surface area contributed by atoms with Gasteiger partial charge in [0.25, 0.3) is 0 Å². The van der Waals surface area contributed by atoms with E-state index in [2.05, 4.69) is 20.6 Å². The Hall–Kier alpha value is -2.99. The summed E-state index contributed by atoms with van der Waals surface area (Å²) in [6.07, 6.45) is 6.05. The van der Waals surface area contributed by atoms with Gasteiger partial charge in [-0.2, -0.15) is 0 Å². The third-order valence-electron chi connectivity index (χ3n) is 5.65. The minimum absolute atomic E-state index is 0.0160. The molecule has 4 N–H and O–H groups in total. The lowest BCUT2D eigenvalue weighted by molar-refractivity contribution is -0.129. The van der Waals surface area contributed by atoms with Crippen LogP contribution in [0.1, 0.15) is 44.9 Å². The van der Waals surface area contributed by atoms with Crippen molar-refractivity contribution in [3.05, 3.63) is 35.6 Å². The van der Waals surface area contributed by atoms with Crippen LogP contribution in [0.15, 0.2) is 30.6 Å². The number of fused-ring (bicyclic) bond motifs is 1. The van der Waals surface area contributed by atoms with Gasteiger partial charge in [0.05, 0.1) is 28.6 Å². The zero-order valence-corrected chi connectivity index (χ0v) is 21.2. The number of carbonyl (C=O) groups excluding carboxylic acids is 2. The highest BCUT2D eigenvalue weighted by Crippen LogP contribution is 2.35. The maximum absolute atomic E-state index is 12.4. The quantitative estimate of drug-likeness (QED) is 0.144. The highest BCUT2D eigenvalue weighted by atomic mass is 35.5. The van der Waals surface area contributed by atoms with Crippen molar-refractivity contribution in [2.24, 2.45) is 0 Å². The van der Waals surface area contributed by atoms with Crippen molar-refractivity contribution in [2.75, 3.05) is 23.8 Å². The summed E-state index contributed by atoms with van der Waals surface area (Å²) >= 11 is 7.81. The molecule has 1 aromatic carbocycles. The highest BCUT2D eigenvalue weighted by Gasteiger charge is 2.19. The van der Waals surface area contributed by atoms with Gasteiger partial charge < -0.3 is 20.1 Å². The van der Waals surface area contributed by atoms with Gasteiger partial charge in [0.15, 0.2) is 0 Å². The van der Waals surface area contributed by atoms with E-state index in [-0.39, 0.29) is 18.4 Å². The van der Waals surface area contributed by atoms with Crippen LogP contribution in [0.5, 0.6) is 5.75 Å². The molecule has 0 unspecified atom stereocenters. The van der Waals surface area contributed by atoms with E-state index in [1.54, 1.807) is 11.5 Å². The molecular formula is C24H28ClN5O5S. The number of amides is 2. The second kappa shape index (κ2) is 12.8. The number of unbranched alkanes of at least 4 members (excludes halogenated alkanes) is 3. The molecule has 0 saturated carbocycles. The molecule has 2 aromatic heterocycles. The first-order valence-electron chi connectivity index (χ1n) is 11.8. The molecule has 3 aromatic rings. The van der Waals surface area contributed by atoms with Crippen LogP contribution in [0, 0.1) is 0 Å². The minimum atomic E-state index is -0.390. The van der Waals surface area contributed by atoms with Crippen molar-refractivity contribution >= 4 is 61.5 Å². The number of nitrogens with zero attached hydrogens (tertiary/aromatic N) is 2. The van der Waals surface area contributed by atoms with Crippen LogP contribution in [-0.4, -0.2) is 46.3 Å². The number of nitrogens with one attached hydrogen (secondary N) is 3. The van der Waals surface area contributed by atoms with Crippen molar-refractivity contribution in [1.82, 2.24) is 15.4 Å². The molecular weight excluding hydrogens is 506 g/mol. The molecule has 1 saturated heterocycles. The number of rotatable bonds is 12. The Kier molecular flexibility index (Phi) is 9.29. The van der Waals surface area contributed by atoms with Gasteiger partial charge in [-0.15, -0.1) is 0 Å². The fourth-order valence-corrected chi connectivity index (χ4v) is 4.93. The van der Waals surface area contributed by atoms with Gasteiger partial charge in [-0.05, 0) is 37.1 Å². The number of aromatic nitrogens is 2. The number of thiophene rings is 1. The Bertz CT molecular complexity index is 1200. The number of halogens is 1. The van der Waals surface area contributed by atoms with Crippen LogP contribution < -0.4 is 20.9 Å². The van der Waals surface area contributed by atoms with Crippen LogP contribution in [0.2, 0.25) is 5.02 Å². The predicted molar refractivity (Wildman–Crippen MR) is 138 cm³/mol. The van der Waals surface area contributed by atoms with Gasteiger partial charge in [-0.3, -0.25) is 14.8 Å². The predicted octanol–water partition coefficient (Wildman–Crippen LogP) is 5.04. The summed E-state index contributed by atoms with van der Waals surface area (Å²) in [7, 11) is 0. The summed E-state index contributed by atoms with van der Waals surface area (Å²) in [6.45, 7) is 1.26. The number of hydroxylamine groups is 1. The Labute approximate surface area is 217 Å². The second-order valence-electron chi connectivity index (χ2n) is 8.42. The van der Waals surface area contributed by atoms with E-state index in [4.69, 9.17) is 26.3 Å². The summed E-state index contributed by atoms with van der Waals surface area (Å²) in [4.78, 5) is 32.8. The van der Waals surface area contributed by atoms with Gasteiger partial charge in [0, 0.05) is 24.9 Å². The Morgan fingerprint density at radius 3 is 2.67 bits per heavy atom. The molecule has 0 aliphatic carbocycles. The van der Waals surface area contributed by atoms with Crippen molar-refractivity contribution in [3.8, 4) is 5.75 Å². The maximum Gasteiger partial charge on any atom is 0.243 e. The van der Waals surface area contributed by atoms with Crippen molar-refractivity contribution in [2.45, 2.75) is 51.0 Å². The Balaban J connectivity index is 1.31. The fraction of sp³-hybridized carbons (Fsp3) is 0.417. The number of anilines is 3. The zero-order chi connectivity index (χ0) is 25.3. The Morgan fingerprint density at radius 2 is 1.94 bits per heavy atom. The van der Waals surface area contributed by atoms with Crippen LogP contribution in [0.25, 0.3) is 10.2 Å². The molecule has 1 aliphatic heterocycles. The van der Waals surface area contributed by atoms with Crippen LogP contribution >= 0.6 is 22.9 Å². The van der Waals surface area contributed by atoms with Crippen LogP contribution in [0.4, 0.5) is 16.5 Å². The standard InChI is InChI=1S/C24H28ClN5O5S/c25-18-11-15(7-8-19(18)35-16-9-10-34-13-16)28-23-17-12-22(36-24(17)27-14-26-23)29-20(31)5-3-1-2-4-6-21(32)30-33/h7-8,11-12,14,16,33H,1-6,9-10,13H2,(H,29,31)(H,30,32)(H,26,27,28)/t16-/m0/s1. The monoisotopic (exact) mass is 533 g/mol. The van der Waals surface area contributed by atoms with Gasteiger partial charge in [-0.25, -0.2) is 15.4 Å². The van der Waals surface area contributed by atoms with E-state index in [1.165, 1.54) is 17.7 Å². The molecule has 0 spiro atoms. The molecule has 1 aliphatic rings. The normalized spacial score (nSPS) is 15.1. The van der Waals surface area contributed by atoms with Crippen molar-refractivity contribution in [3.63, 3.8) is 0 Å². The molecule has 2 amide bonds. The Morgan fingerprint density at radius 1 is 1.14 bits per heavy atom. The minimum Gasteiger partial charge on any atom is -0.486 e. The summed E-state index contributed by atoms with van der Waals surface area (Å²) in [5.74, 6) is 0.755. The molecule has 3 heterocycles. The third kappa shape index (κ3) is 7.26. The summed E-state index contributed by atoms with van der Waals surface area (Å²) in [5, 5.41) is 16.7. The van der Waals surface area contributed by atoms with Crippen molar-refractivity contribution < 1.29 is 24.3 Å². The van der Waals surface area contributed by atoms with Gasteiger partial charge in [0.2, 0.25) is 11.8 Å². The summed E-state index contributed by atoms with van der Waals surface area (Å²) in [6, 6.07) is 7.33. The maximum atomic E-state index is 12.4. The molecule has 0 bridgehead atoms. The van der Waals surface area contributed by atoms with Gasteiger partial charge >= 0.3 is 0 Å². The molecule has 12 heteroatoms. The van der Waals surface area contributed by atoms with Gasteiger partial charge in [0.1, 0.15) is 28.8 Å². The number of carbonyl (C=O) groups is 2. The fourth-order valence-electron chi connectivity index (χ4n) is 3.79. The summed E-state index contributed by atoms with van der Waals surface area (Å²) in [5.41, 5.74) is 2.37. The average molecular weight is 534 g/mol. The van der Waals surface area contributed by atoms with Crippen LogP contribution in [0.3, 0.4) is 0 Å². The zero-order valence-electron chi connectivity index (χ0n) is 19.6. The lowest BCUT2D eigenvalue weighted by Gasteiger charge is -2.14. The van der Waals surface area contributed by atoms with Crippen molar-refractivity contribution in [1.29, 1.82) is 0 Å². The van der Waals surface area contributed by atoms with E-state index in [9.17, 15) is 9.59 Å². The van der Waals surface area contributed by atoms with E-state index in [1.807, 2.05) is 18.2 Å². The number of hydrogen-bond donors (Lipinski definition) is 4. The summed E-state index contributed by atoms with van der Waals surface area (Å²) < 4.78 is 11.3. The van der Waals surface area contributed by atoms with Crippen LogP contribution in [-0.2, 0) is 14.3 Å².